The molecule has 0 aliphatic carbocycles. The van der Waals surface area contributed by atoms with Gasteiger partial charge >= 0.3 is 0 Å². The highest BCUT2D eigenvalue weighted by Crippen LogP contribution is 2.18. The molecule has 0 aromatic heterocycles. The van der Waals surface area contributed by atoms with Crippen molar-refractivity contribution in [2.24, 2.45) is 0 Å². The second kappa shape index (κ2) is 10.7. The lowest BCUT2D eigenvalue weighted by atomic mass is 10.1. The van der Waals surface area contributed by atoms with Gasteiger partial charge in [-0.2, -0.15) is 0 Å². The zero-order valence-corrected chi connectivity index (χ0v) is 17.8. The number of halogens is 1. The van der Waals surface area contributed by atoms with E-state index in [0.29, 0.717) is 18.8 Å². The highest BCUT2D eigenvalue weighted by atomic mass is 32.2. The summed E-state index contributed by atoms with van der Waals surface area (Å²) in [6.07, 6.45) is 2.90. The van der Waals surface area contributed by atoms with E-state index in [9.17, 15) is 17.6 Å². The van der Waals surface area contributed by atoms with E-state index < -0.39 is 22.0 Å². The summed E-state index contributed by atoms with van der Waals surface area (Å²) in [6, 6.07) is 11.0. The summed E-state index contributed by atoms with van der Waals surface area (Å²) in [4.78, 5) is 13.9. The van der Waals surface area contributed by atoms with Crippen molar-refractivity contribution >= 4 is 15.9 Å². The maximum absolute atomic E-state index is 12.9. The van der Waals surface area contributed by atoms with Crippen molar-refractivity contribution in [1.82, 2.24) is 15.1 Å². The number of ether oxygens (including phenoxy) is 1. The lowest BCUT2D eigenvalue weighted by molar-refractivity contribution is -0.135. The van der Waals surface area contributed by atoms with E-state index in [1.165, 1.54) is 36.4 Å². The minimum atomic E-state index is -3.86. The summed E-state index contributed by atoms with van der Waals surface area (Å²) in [5, 5.41) is 9.02. The molecule has 31 heavy (non-hydrogen) atoms. The van der Waals surface area contributed by atoms with Gasteiger partial charge in [0.25, 0.3) is 5.91 Å². The number of hydroxylamine groups is 1. The SMILES string of the molecule is O=C(NO)[C@H](CNS(=O)(=O)c1ccc(OCc2ccc(F)cc2)cc1)N1CCCCC1. The summed E-state index contributed by atoms with van der Waals surface area (Å²) >= 11 is 0. The normalized spacial score (nSPS) is 15.9. The van der Waals surface area contributed by atoms with Crippen molar-refractivity contribution in [3.05, 3.63) is 59.9 Å². The van der Waals surface area contributed by atoms with Gasteiger partial charge in [0.2, 0.25) is 10.0 Å². The Bertz CT molecular complexity index is 962. The van der Waals surface area contributed by atoms with Crippen molar-refractivity contribution in [2.75, 3.05) is 19.6 Å². The predicted octanol–water partition coefficient (Wildman–Crippen LogP) is 2.04. The molecule has 0 unspecified atom stereocenters. The molecule has 1 fully saturated rings. The van der Waals surface area contributed by atoms with Gasteiger partial charge in [0.1, 0.15) is 24.2 Å². The number of sulfonamides is 1. The van der Waals surface area contributed by atoms with E-state index in [1.807, 2.05) is 4.90 Å². The molecule has 8 nitrogen and oxygen atoms in total. The number of hydrogen-bond donors (Lipinski definition) is 3. The Hall–Kier alpha value is -2.53. The largest absolute Gasteiger partial charge is 0.489 e. The van der Waals surface area contributed by atoms with Gasteiger partial charge in [0.15, 0.2) is 0 Å². The first-order valence-corrected chi connectivity index (χ1v) is 11.5. The summed E-state index contributed by atoms with van der Waals surface area (Å²) in [5.74, 6) is -0.506. The topological polar surface area (TPSA) is 108 Å². The highest BCUT2D eigenvalue weighted by molar-refractivity contribution is 7.89. The smallest absolute Gasteiger partial charge is 0.262 e. The molecular weight excluding hydrogens is 425 g/mol. The molecule has 1 aliphatic rings. The number of benzene rings is 2. The van der Waals surface area contributed by atoms with Gasteiger partial charge < -0.3 is 4.74 Å². The first kappa shape index (κ1) is 23.1. The number of likely N-dealkylation sites (tertiary alicyclic amines) is 1. The zero-order valence-electron chi connectivity index (χ0n) is 17.0. The van der Waals surface area contributed by atoms with E-state index in [1.54, 1.807) is 17.6 Å². The molecular formula is C21H26FN3O5S. The van der Waals surface area contributed by atoms with Crippen LogP contribution in [0.1, 0.15) is 24.8 Å². The van der Waals surface area contributed by atoms with E-state index in [-0.39, 0.29) is 23.9 Å². The number of rotatable bonds is 9. The van der Waals surface area contributed by atoms with Gasteiger partial charge in [-0.05, 0) is 67.9 Å². The number of piperidine rings is 1. The summed E-state index contributed by atoms with van der Waals surface area (Å²) < 4.78 is 46.3. The van der Waals surface area contributed by atoms with Crippen molar-refractivity contribution in [3.8, 4) is 5.75 Å². The number of nitrogens with zero attached hydrogens (tertiary/aromatic N) is 1. The number of hydrogen-bond acceptors (Lipinski definition) is 6. The van der Waals surface area contributed by atoms with Gasteiger partial charge in [0, 0.05) is 6.54 Å². The standard InChI is InChI=1S/C21H26FN3O5S/c22-17-6-4-16(5-7-17)15-30-18-8-10-19(11-9-18)31(28,29)23-14-20(21(26)24-27)25-12-2-1-3-13-25/h4-11,20,23,27H,1-3,12-15H2,(H,24,26)/t20-/m0/s1. The third kappa shape index (κ3) is 6.47. The van der Waals surface area contributed by atoms with Crippen LogP contribution in [-0.4, -0.2) is 50.1 Å². The molecule has 0 radical (unpaired) electrons. The highest BCUT2D eigenvalue weighted by Gasteiger charge is 2.28. The Morgan fingerprint density at radius 3 is 2.32 bits per heavy atom. The third-order valence-electron chi connectivity index (χ3n) is 5.16. The molecule has 3 rings (SSSR count). The molecule has 1 amide bonds. The molecule has 0 bridgehead atoms. The van der Waals surface area contributed by atoms with Crippen LogP contribution < -0.4 is 14.9 Å². The minimum Gasteiger partial charge on any atom is -0.489 e. The van der Waals surface area contributed by atoms with Crippen LogP contribution in [0.15, 0.2) is 53.4 Å². The van der Waals surface area contributed by atoms with Crippen LogP contribution in [-0.2, 0) is 21.4 Å². The number of carbonyl (C=O) groups excluding carboxylic acids is 1. The average Bonchev–Trinajstić information content (AvgIpc) is 2.79. The van der Waals surface area contributed by atoms with Gasteiger partial charge in [-0.25, -0.2) is 23.0 Å². The van der Waals surface area contributed by atoms with Gasteiger partial charge in [-0.1, -0.05) is 18.6 Å². The lowest BCUT2D eigenvalue weighted by Crippen LogP contribution is -2.53. The minimum absolute atomic E-state index is 0.0310. The predicted molar refractivity (Wildman–Crippen MR) is 112 cm³/mol. The molecule has 10 heteroatoms. The Morgan fingerprint density at radius 2 is 1.71 bits per heavy atom. The fourth-order valence-corrected chi connectivity index (χ4v) is 4.46. The van der Waals surface area contributed by atoms with Crippen molar-refractivity contribution in [1.29, 1.82) is 0 Å². The molecule has 168 valence electrons. The summed E-state index contributed by atoms with van der Waals surface area (Å²) in [6.45, 7) is 1.40. The number of nitrogens with one attached hydrogen (secondary N) is 2. The van der Waals surface area contributed by atoms with Crippen LogP contribution >= 0.6 is 0 Å². The maximum Gasteiger partial charge on any atom is 0.262 e. The first-order valence-electron chi connectivity index (χ1n) is 10.0. The van der Waals surface area contributed by atoms with E-state index in [0.717, 1.165) is 24.8 Å². The molecule has 0 spiro atoms. The van der Waals surface area contributed by atoms with Crippen LogP contribution in [0.4, 0.5) is 4.39 Å². The van der Waals surface area contributed by atoms with Crippen LogP contribution in [0.25, 0.3) is 0 Å². The molecule has 2 aromatic carbocycles. The van der Waals surface area contributed by atoms with Gasteiger partial charge in [0.05, 0.1) is 4.90 Å². The van der Waals surface area contributed by atoms with E-state index in [2.05, 4.69) is 4.72 Å². The Morgan fingerprint density at radius 1 is 1.06 bits per heavy atom. The monoisotopic (exact) mass is 451 g/mol. The fraction of sp³-hybridized carbons (Fsp3) is 0.381. The molecule has 0 saturated carbocycles. The van der Waals surface area contributed by atoms with Gasteiger partial charge in [-0.3, -0.25) is 14.9 Å². The number of carbonyl (C=O) groups is 1. The quantitative estimate of drug-likeness (QED) is 0.398. The van der Waals surface area contributed by atoms with Crippen LogP contribution in [0.2, 0.25) is 0 Å². The molecule has 1 aliphatic heterocycles. The van der Waals surface area contributed by atoms with Crippen molar-refractivity contribution < 1.29 is 27.5 Å². The van der Waals surface area contributed by atoms with Crippen LogP contribution in [0.3, 0.4) is 0 Å². The number of amides is 1. The Balaban J connectivity index is 1.59. The zero-order chi connectivity index (χ0) is 22.3. The summed E-state index contributed by atoms with van der Waals surface area (Å²) in [7, 11) is -3.86. The maximum atomic E-state index is 12.9. The first-order chi connectivity index (χ1) is 14.9. The third-order valence-corrected chi connectivity index (χ3v) is 6.60. The van der Waals surface area contributed by atoms with E-state index >= 15 is 0 Å². The molecule has 1 atom stereocenters. The second-order valence-electron chi connectivity index (χ2n) is 7.33. The van der Waals surface area contributed by atoms with Gasteiger partial charge in [-0.15, -0.1) is 0 Å². The molecule has 1 heterocycles. The molecule has 1 saturated heterocycles. The van der Waals surface area contributed by atoms with Crippen molar-refractivity contribution in [3.63, 3.8) is 0 Å². The molecule has 3 N–H and O–H groups in total. The fourth-order valence-electron chi connectivity index (χ4n) is 3.43. The van der Waals surface area contributed by atoms with Crippen LogP contribution in [0.5, 0.6) is 5.75 Å². The molecule has 2 aromatic rings. The Kier molecular flexibility index (Phi) is 7.97. The Labute approximate surface area is 181 Å². The summed E-state index contributed by atoms with van der Waals surface area (Å²) in [5.41, 5.74) is 2.41. The average molecular weight is 452 g/mol. The van der Waals surface area contributed by atoms with E-state index in [4.69, 9.17) is 9.94 Å². The van der Waals surface area contributed by atoms with Crippen molar-refractivity contribution in [2.45, 2.75) is 36.8 Å². The van der Waals surface area contributed by atoms with Crippen LogP contribution in [0, 0.1) is 5.82 Å². The lowest BCUT2D eigenvalue weighted by Gasteiger charge is -2.33. The second-order valence-corrected chi connectivity index (χ2v) is 9.09.